The van der Waals surface area contributed by atoms with Gasteiger partial charge in [0.25, 0.3) is 0 Å². The van der Waals surface area contributed by atoms with Crippen molar-refractivity contribution in [1.82, 2.24) is 15.1 Å². The maximum absolute atomic E-state index is 11.5. The molecule has 1 aromatic rings. The summed E-state index contributed by atoms with van der Waals surface area (Å²) < 4.78 is 6.13. The highest BCUT2D eigenvalue weighted by atomic mass is 16.5. The highest BCUT2D eigenvalue weighted by Gasteiger charge is 2.39. The zero-order valence-electron chi connectivity index (χ0n) is 16.4. The Kier molecular flexibility index (Phi) is 6.30. The van der Waals surface area contributed by atoms with Gasteiger partial charge in [-0.1, -0.05) is 24.6 Å². The number of para-hydroxylation sites is 1. The Labute approximate surface area is 163 Å². The lowest BCUT2D eigenvalue weighted by molar-refractivity contribution is -0.119. The SMILES string of the molecule is O=C1C[C@H]2CN(Cc3ccccc3OCCCCN3CCCCC3)C[C@H]2N1. The van der Waals surface area contributed by atoms with Gasteiger partial charge in [0.05, 0.1) is 6.61 Å². The molecule has 3 aliphatic rings. The van der Waals surface area contributed by atoms with Crippen LogP contribution in [0.2, 0.25) is 0 Å². The highest BCUT2D eigenvalue weighted by molar-refractivity contribution is 5.79. The average Bonchev–Trinajstić information content (AvgIpc) is 3.20. The van der Waals surface area contributed by atoms with Crippen molar-refractivity contribution >= 4 is 5.91 Å². The van der Waals surface area contributed by atoms with Crippen molar-refractivity contribution in [3.8, 4) is 5.75 Å². The predicted molar refractivity (Wildman–Crippen MR) is 107 cm³/mol. The van der Waals surface area contributed by atoms with Crippen LogP contribution in [0.3, 0.4) is 0 Å². The van der Waals surface area contributed by atoms with Crippen molar-refractivity contribution in [1.29, 1.82) is 0 Å². The third-order valence-corrected chi connectivity index (χ3v) is 6.25. The van der Waals surface area contributed by atoms with Crippen LogP contribution in [0.15, 0.2) is 24.3 Å². The molecule has 3 saturated heterocycles. The van der Waals surface area contributed by atoms with Gasteiger partial charge in [0.1, 0.15) is 5.75 Å². The van der Waals surface area contributed by atoms with Gasteiger partial charge in [0.15, 0.2) is 0 Å². The topological polar surface area (TPSA) is 44.8 Å². The van der Waals surface area contributed by atoms with Gasteiger partial charge in [-0.05, 0) is 51.4 Å². The van der Waals surface area contributed by atoms with Gasteiger partial charge >= 0.3 is 0 Å². The molecule has 3 aliphatic heterocycles. The minimum atomic E-state index is 0.220. The van der Waals surface area contributed by atoms with Crippen molar-refractivity contribution in [3.05, 3.63) is 29.8 Å². The molecule has 1 aromatic carbocycles. The summed E-state index contributed by atoms with van der Waals surface area (Å²) >= 11 is 0. The lowest BCUT2D eigenvalue weighted by Crippen LogP contribution is -2.32. The van der Waals surface area contributed by atoms with Crippen molar-refractivity contribution < 1.29 is 9.53 Å². The van der Waals surface area contributed by atoms with E-state index in [1.165, 1.54) is 50.9 Å². The number of nitrogens with one attached hydrogen (secondary N) is 1. The van der Waals surface area contributed by atoms with Crippen LogP contribution in [-0.4, -0.2) is 61.1 Å². The molecule has 27 heavy (non-hydrogen) atoms. The molecule has 1 amide bonds. The van der Waals surface area contributed by atoms with Crippen molar-refractivity contribution in [2.75, 3.05) is 39.3 Å². The van der Waals surface area contributed by atoms with E-state index in [4.69, 9.17) is 4.74 Å². The van der Waals surface area contributed by atoms with E-state index in [1.807, 2.05) is 0 Å². The molecule has 3 fully saturated rings. The monoisotopic (exact) mass is 371 g/mol. The lowest BCUT2D eigenvalue weighted by Gasteiger charge is -2.26. The second kappa shape index (κ2) is 9.07. The molecule has 0 bridgehead atoms. The van der Waals surface area contributed by atoms with E-state index in [9.17, 15) is 4.79 Å². The van der Waals surface area contributed by atoms with E-state index < -0.39 is 0 Å². The lowest BCUT2D eigenvalue weighted by atomic mass is 10.1. The molecule has 5 nitrogen and oxygen atoms in total. The van der Waals surface area contributed by atoms with E-state index in [2.05, 4.69) is 39.4 Å². The third-order valence-electron chi connectivity index (χ3n) is 6.25. The second-order valence-corrected chi connectivity index (χ2v) is 8.40. The molecule has 5 heteroatoms. The minimum absolute atomic E-state index is 0.220. The molecule has 0 unspecified atom stereocenters. The molecule has 0 spiro atoms. The summed E-state index contributed by atoms with van der Waals surface area (Å²) in [5.41, 5.74) is 1.26. The Balaban J connectivity index is 1.20. The summed E-state index contributed by atoms with van der Waals surface area (Å²) in [7, 11) is 0. The van der Waals surface area contributed by atoms with E-state index in [0.29, 0.717) is 18.4 Å². The number of hydrogen-bond donors (Lipinski definition) is 1. The Morgan fingerprint density at radius 2 is 1.89 bits per heavy atom. The summed E-state index contributed by atoms with van der Waals surface area (Å²) in [6.45, 7) is 7.45. The van der Waals surface area contributed by atoms with Crippen LogP contribution in [0.4, 0.5) is 0 Å². The van der Waals surface area contributed by atoms with E-state index >= 15 is 0 Å². The van der Waals surface area contributed by atoms with Crippen LogP contribution in [0.25, 0.3) is 0 Å². The van der Waals surface area contributed by atoms with Crippen molar-refractivity contribution in [3.63, 3.8) is 0 Å². The van der Waals surface area contributed by atoms with E-state index in [0.717, 1.165) is 38.4 Å². The number of fused-ring (bicyclic) bond motifs is 1. The van der Waals surface area contributed by atoms with Gasteiger partial charge in [-0.25, -0.2) is 0 Å². The maximum Gasteiger partial charge on any atom is 0.220 e. The fourth-order valence-corrected chi connectivity index (χ4v) is 4.78. The molecule has 0 aromatic heterocycles. The normalized spacial score (nSPS) is 26.1. The number of ether oxygens (including phenoxy) is 1. The van der Waals surface area contributed by atoms with Crippen LogP contribution in [0, 0.1) is 5.92 Å². The Morgan fingerprint density at radius 3 is 2.74 bits per heavy atom. The molecule has 148 valence electrons. The van der Waals surface area contributed by atoms with Gasteiger partial charge < -0.3 is 15.0 Å². The molecule has 1 N–H and O–H groups in total. The number of amides is 1. The number of piperidine rings is 1. The second-order valence-electron chi connectivity index (χ2n) is 8.40. The van der Waals surface area contributed by atoms with Gasteiger partial charge in [0.2, 0.25) is 5.91 Å². The van der Waals surface area contributed by atoms with Crippen LogP contribution >= 0.6 is 0 Å². The third kappa shape index (κ3) is 5.02. The first-order valence-electron chi connectivity index (χ1n) is 10.7. The maximum atomic E-state index is 11.5. The van der Waals surface area contributed by atoms with Gasteiger partial charge in [0, 0.05) is 43.6 Å². The fourth-order valence-electron chi connectivity index (χ4n) is 4.78. The first-order valence-corrected chi connectivity index (χ1v) is 10.7. The molecule has 3 heterocycles. The highest BCUT2D eigenvalue weighted by Crippen LogP contribution is 2.28. The summed E-state index contributed by atoms with van der Waals surface area (Å²) in [6, 6.07) is 8.78. The zero-order chi connectivity index (χ0) is 18.5. The molecular formula is C22H33N3O2. The molecule has 0 saturated carbocycles. The molecular weight excluding hydrogens is 338 g/mol. The van der Waals surface area contributed by atoms with Crippen molar-refractivity contribution in [2.45, 2.75) is 51.1 Å². The largest absolute Gasteiger partial charge is 0.493 e. The number of hydrogen-bond acceptors (Lipinski definition) is 4. The van der Waals surface area contributed by atoms with Crippen LogP contribution in [-0.2, 0) is 11.3 Å². The summed E-state index contributed by atoms with van der Waals surface area (Å²) in [4.78, 5) is 16.5. The Hall–Kier alpha value is -1.59. The molecule has 0 radical (unpaired) electrons. The molecule has 2 atom stereocenters. The molecule has 4 rings (SSSR count). The number of rotatable bonds is 8. The summed E-state index contributed by atoms with van der Waals surface area (Å²) in [5, 5.41) is 3.11. The number of nitrogens with zero attached hydrogens (tertiary/aromatic N) is 2. The Morgan fingerprint density at radius 1 is 1.04 bits per heavy atom. The predicted octanol–water partition coefficient (Wildman–Crippen LogP) is 2.65. The van der Waals surface area contributed by atoms with Crippen molar-refractivity contribution in [2.24, 2.45) is 5.92 Å². The van der Waals surface area contributed by atoms with E-state index in [1.54, 1.807) is 0 Å². The summed E-state index contributed by atoms with van der Waals surface area (Å²) in [6.07, 6.45) is 7.16. The Bertz CT molecular complexity index is 614. The number of carbonyl (C=O) groups excluding carboxylic acids is 1. The quantitative estimate of drug-likeness (QED) is 0.714. The number of carbonyl (C=O) groups is 1. The van der Waals surface area contributed by atoms with Gasteiger partial charge in [-0.3, -0.25) is 9.69 Å². The number of unbranched alkanes of at least 4 members (excludes halogenated alkanes) is 1. The average molecular weight is 372 g/mol. The van der Waals surface area contributed by atoms with Gasteiger partial charge in [-0.2, -0.15) is 0 Å². The van der Waals surface area contributed by atoms with Gasteiger partial charge in [-0.15, -0.1) is 0 Å². The minimum Gasteiger partial charge on any atom is -0.493 e. The molecule has 0 aliphatic carbocycles. The first-order chi connectivity index (χ1) is 13.3. The number of likely N-dealkylation sites (tertiary alicyclic amines) is 2. The first kappa shape index (κ1) is 18.8. The standard InChI is InChI=1S/C22H33N3O2/c26-22-14-19-16-25(17-20(19)23-22)15-18-8-2-3-9-21(18)27-13-7-6-12-24-10-4-1-5-11-24/h2-3,8-9,19-20H,1,4-7,10-17H2,(H,23,26)/t19-,20+/m0/s1. The number of benzene rings is 1. The van der Waals surface area contributed by atoms with Crippen LogP contribution in [0.5, 0.6) is 5.75 Å². The van der Waals surface area contributed by atoms with Crippen LogP contribution < -0.4 is 10.1 Å². The summed E-state index contributed by atoms with van der Waals surface area (Å²) in [5.74, 6) is 1.73. The van der Waals surface area contributed by atoms with Crippen LogP contribution in [0.1, 0.15) is 44.1 Å². The zero-order valence-corrected chi connectivity index (χ0v) is 16.4. The fraction of sp³-hybridized carbons (Fsp3) is 0.682. The van der Waals surface area contributed by atoms with E-state index in [-0.39, 0.29) is 5.91 Å². The smallest absolute Gasteiger partial charge is 0.220 e.